The number of amides is 1. The number of anilines is 2. The van der Waals surface area contributed by atoms with Crippen LogP contribution in [0.25, 0.3) is 0 Å². The molecule has 1 aromatic carbocycles. The topological polar surface area (TPSA) is 128 Å². The van der Waals surface area contributed by atoms with E-state index in [0.29, 0.717) is 29.2 Å². The Kier molecular flexibility index (Phi) is 6.80. The van der Waals surface area contributed by atoms with Crippen LogP contribution < -0.4 is 26.9 Å². The van der Waals surface area contributed by atoms with Gasteiger partial charge in [0.05, 0.1) is 12.2 Å². The van der Waals surface area contributed by atoms with Gasteiger partial charge in [0.2, 0.25) is 5.91 Å². The Morgan fingerprint density at radius 2 is 2.08 bits per heavy atom. The monoisotopic (exact) mass is 507 g/mol. The van der Waals surface area contributed by atoms with Gasteiger partial charge in [0.25, 0.3) is 0 Å². The summed E-state index contributed by atoms with van der Waals surface area (Å²) in [5.74, 6) is 13.8. The van der Waals surface area contributed by atoms with E-state index in [0.717, 1.165) is 47.6 Å². The van der Waals surface area contributed by atoms with Gasteiger partial charge in [-0.05, 0) is 60.6 Å². The number of hydrazine groups is 1. The number of hydrogen-bond donors (Lipinski definition) is 3. The van der Waals surface area contributed by atoms with Gasteiger partial charge < -0.3 is 16.1 Å². The van der Waals surface area contributed by atoms with Gasteiger partial charge in [0.15, 0.2) is 0 Å². The number of fused-ring (bicyclic) bond motifs is 1. The van der Waals surface area contributed by atoms with Gasteiger partial charge in [-0.15, -0.1) is 0 Å². The second-order valence-corrected chi connectivity index (χ2v) is 9.89. The van der Waals surface area contributed by atoms with E-state index in [1.54, 1.807) is 35.6 Å². The van der Waals surface area contributed by atoms with Crippen molar-refractivity contribution >= 4 is 41.6 Å². The average Bonchev–Trinajstić information content (AvgIpc) is 3.48. The number of aryl methyl sites for hydroxylation is 1. The fourth-order valence-corrected chi connectivity index (χ4v) is 4.99. The fraction of sp³-hybridized carbons (Fsp3) is 0.360. The van der Waals surface area contributed by atoms with Gasteiger partial charge >= 0.3 is 0 Å². The lowest BCUT2D eigenvalue weighted by atomic mass is 10.1. The molecule has 2 aromatic rings. The zero-order valence-corrected chi connectivity index (χ0v) is 20.9. The maximum absolute atomic E-state index is 12.9. The summed E-state index contributed by atoms with van der Waals surface area (Å²) in [5, 5.41) is 14.4. The van der Waals surface area contributed by atoms with Crippen LogP contribution in [0.5, 0.6) is 0 Å². The number of nitrogens with two attached hydrogens (primary N) is 2. The molecule has 2 fully saturated rings. The van der Waals surface area contributed by atoms with E-state index in [4.69, 9.17) is 28.3 Å². The van der Waals surface area contributed by atoms with Crippen molar-refractivity contribution in [3.05, 3.63) is 63.9 Å². The van der Waals surface area contributed by atoms with Crippen molar-refractivity contribution in [1.82, 2.24) is 15.3 Å². The number of halogens is 1. The van der Waals surface area contributed by atoms with E-state index in [9.17, 15) is 4.79 Å². The first-order valence-electron chi connectivity index (χ1n) is 12.0. The van der Waals surface area contributed by atoms with Crippen LogP contribution in [0.2, 0.25) is 5.02 Å². The first-order valence-corrected chi connectivity index (χ1v) is 12.3. The molecule has 10 nitrogen and oxygen atoms in total. The predicted octanol–water partition coefficient (Wildman–Crippen LogP) is 2.47. The van der Waals surface area contributed by atoms with Crippen molar-refractivity contribution in [1.29, 1.82) is 0 Å². The molecule has 1 aromatic heterocycles. The van der Waals surface area contributed by atoms with E-state index in [1.165, 1.54) is 17.8 Å². The highest BCUT2D eigenvalue weighted by molar-refractivity contribution is 6.30. The minimum atomic E-state index is -0.189. The highest BCUT2D eigenvalue weighted by Crippen LogP contribution is 2.46. The van der Waals surface area contributed by atoms with E-state index >= 15 is 0 Å². The molecule has 1 amide bonds. The van der Waals surface area contributed by atoms with Crippen LogP contribution >= 0.6 is 11.6 Å². The number of rotatable bonds is 8. The Balaban J connectivity index is 1.22. The van der Waals surface area contributed by atoms with Gasteiger partial charge in [-0.25, -0.2) is 10.8 Å². The highest BCUT2D eigenvalue weighted by Gasteiger charge is 2.45. The van der Waals surface area contributed by atoms with E-state index in [-0.39, 0.29) is 12.5 Å². The average molecular weight is 508 g/mol. The minimum absolute atomic E-state index is 0.189. The zero-order valence-electron chi connectivity index (χ0n) is 20.1. The third-order valence-electron chi connectivity index (χ3n) is 6.90. The lowest BCUT2D eigenvalue weighted by Crippen LogP contribution is -2.32. The Labute approximate surface area is 215 Å². The summed E-state index contributed by atoms with van der Waals surface area (Å²) < 4.78 is 0. The van der Waals surface area contributed by atoms with Crippen LogP contribution in [0.3, 0.4) is 0 Å². The third kappa shape index (κ3) is 5.29. The summed E-state index contributed by atoms with van der Waals surface area (Å²) in [4.78, 5) is 20.2. The van der Waals surface area contributed by atoms with E-state index in [2.05, 4.69) is 32.6 Å². The van der Waals surface area contributed by atoms with Crippen molar-refractivity contribution in [3.63, 3.8) is 0 Å². The molecule has 36 heavy (non-hydrogen) atoms. The van der Waals surface area contributed by atoms with Crippen LogP contribution in [-0.2, 0) is 17.9 Å². The van der Waals surface area contributed by atoms with Crippen LogP contribution in [0.4, 0.5) is 11.5 Å². The molecule has 0 spiro atoms. The Morgan fingerprint density at radius 3 is 2.83 bits per heavy atom. The Hall–Kier alpha value is -3.63. The molecule has 188 valence electrons. The Bertz CT molecular complexity index is 1230. The molecular weight excluding hydrogens is 478 g/mol. The number of piperidine rings is 1. The van der Waals surface area contributed by atoms with E-state index in [1.807, 2.05) is 6.92 Å². The van der Waals surface area contributed by atoms with Crippen LogP contribution in [0.1, 0.15) is 29.7 Å². The molecule has 3 heterocycles. The van der Waals surface area contributed by atoms with Gasteiger partial charge in [-0.2, -0.15) is 10.2 Å². The summed E-state index contributed by atoms with van der Waals surface area (Å²) in [6.07, 6.45) is 6.63. The Morgan fingerprint density at radius 1 is 1.28 bits per heavy atom. The van der Waals surface area contributed by atoms with Gasteiger partial charge in [-0.3, -0.25) is 14.8 Å². The molecule has 1 saturated heterocycles. The van der Waals surface area contributed by atoms with Crippen molar-refractivity contribution < 1.29 is 4.79 Å². The van der Waals surface area contributed by atoms with Gasteiger partial charge in [0.1, 0.15) is 12.2 Å². The number of nitrogens with zero attached hydrogens (tertiary/aromatic N) is 6. The number of aromatic nitrogens is 1. The molecule has 2 atom stereocenters. The van der Waals surface area contributed by atoms with Crippen molar-refractivity contribution in [3.8, 4) is 0 Å². The third-order valence-corrected chi connectivity index (χ3v) is 7.14. The number of hydrogen-bond acceptors (Lipinski definition) is 8. The van der Waals surface area contributed by atoms with Crippen LogP contribution in [0.15, 0.2) is 52.3 Å². The SMILES string of the molecule is Cc1nc(N2CC3CC3C2)ccc1CN1C=C(C(=O)NCc2cc(Cl)ccc2N(N)/C=N\N)CC=N1. The number of benzene rings is 1. The van der Waals surface area contributed by atoms with Crippen LogP contribution in [-0.4, -0.2) is 41.5 Å². The maximum atomic E-state index is 12.9. The molecular formula is C25H30ClN9O. The normalized spacial score (nSPS) is 20.5. The summed E-state index contributed by atoms with van der Waals surface area (Å²) in [6.45, 7) is 5.04. The molecule has 3 aliphatic rings. The molecule has 0 radical (unpaired) electrons. The molecule has 5 N–H and O–H groups in total. The molecule has 11 heteroatoms. The number of nitrogens with one attached hydrogen (secondary N) is 1. The second-order valence-electron chi connectivity index (χ2n) is 9.46. The minimum Gasteiger partial charge on any atom is -0.356 e. The molecule has 2 aliphatic heterocycles. The van der Waals surface area contributed by atoms with Crippen molar-refractivity contribution in [2.45, 2.75) is 32.9 Å². The number of carbonyl (C=O) groups excluding carboxylic acids is 1. The highest BCUT2D eigenvalue weighted by atomic mass is 35.5. The van der Waals surface area contributed by atoms with Gasteiger partial charge in [0, 0.05) is 54.8 Å². The first-order chi connectivity index (χ1) is 17.4. The molecule has 2 unspecified atom stereocenters. The summed E-state index contributed by atoms with van der Waals surface area (Å²) in [5.41, 5.74) is 4.03. The maximum Gasteiger partial charge on any atom is 0.249 e. The molecule has 5 rings (SSSR count). The zero-order chi connectivity index (χ0) is 25.2. The summed E-state index contributed by atoms with van der Waals surface area (Å²) in [6, 6.07) is 9.41. The van der Waals surface area contributed by atoms with Crippen molar-refractivity contribution in [2.24, 2.45) is 33.7 Å². The summed E-state index contributed by atoms with van der Waals surface area (Å²) in [7, 11) is 0. The predicted molar refractivity (Wildman–Crippen MR) is 142 cm³/mol. The summed E-state index contributed by atoms with van der Waals surface area (Å²) >= 11 is 6.15. The standard InChI is InChI=1S/C25H30ClN9O/c1-16-17(2-5-24(32-16)33-11-20-8-21(20)12-33)13-34-14-18(6-7-31-34)25(36)29-10-19-9-22(26)3-4-23(19)35(28)15-30-27/h2-5,7,9,14-15,20-21H,6,8,10-13,27-28H2,1H3,(H,29,36)/b30-15-. The first kappa shape index (κ1) is 24.1. The number of pyridine rings is 1. The fourth-order valence-electron chi connectivity index (χ4n) is 4.80. The lowest BCUT2D eigenvalue weighted by Gasteiger charge is -2.23. The number of hydrazone groups is 2. The smallest absolute Gasteiger partial charge is 0.249 e. The van der Waals surface area contributed by atoms with Gasteiger partial charge in [-0.1, -0.05) is 17.7 Å². The molecule has 1 aliphatic carbocycles. The quantitative estimate of drug-likeness (QED) is 0.217. The van der Waals surface area contributed by atoms with E-state index < -0.39 is 0 Å². The lowest BCUT2D eigenvalue weighted by molar-refractivity contribution is -0.117. The second kappa shape index (κ2) is 10.2. The van der Waals surface area contributed by atoms with Crippen LogP contribution in [0, 0.1) is 18.8 Å². The van der Waals surface area contributed by atoms with Crippen molar-refractivity contribution in [2.75, 3.05) is 23.0 Å². The number of carbonyl (C=O) groups is 1. The molecule has 0 bridgehead atoms. The molecule has 1 saturated carbocycles. The largest absolute Gasteiger partial charge is 0.356 e.